The van der Waals surface area contributed by atoms with E-state index in [1.54, 1.807) is 18.3 Å². The second kappa shape index (κ2) is 5.38. The molecule has 2 rings (SSSR count). The predicted octanol–water partition coefficient (Wildman–Crippen LogP) is 2.82. The van der Waals surface area contributed by atoms with E-state index in [1.165, 1.54) is 0 Å². The molecule has 5 heteroatoms. The van der Waals surface area contributed by atoms with Crippen LogP contribution in [0.3, 0.4) is 0 Å². The summed E-state index contributed by atoms with van der Waals surface area (Å²) in [6, 6.07) is 3.30. The standard InChI is InChI=1S/C12H15ClN2O2/c1-2-6-15-7-5-14-12(15)8-9(16)10-3-4-11(13)17-10/h3-5,7,9,16H,2,6,8H2,1H3. The van der Waals surface area contributed by atoms with Crippen LogP contribution >= 0.6 is 11.6 Å². The van der Waals surface area contributed by atoms with E-state index < -0.39 is 6.10 Å². The van der Waals surface area contributed by atoms with Gasteiger partial charge in [-0.2, -0.15) is 0 Å². The summed E-state index contributed by atoms with van der Waals surface area (Å²) in [4.78, 5) is 4.24. The topological polar surface area (TPSA) is 51.2 Å². The fourth-order valence-electron chi connectivity index (χ4n) is 1.76. The summed E-state index contributed by atoms with van der Waals surface area (Å²) in [5.74, 6) is 1.33. The van der Waals surface area contributed by atoms with Crippen LogP contribution in [0.4, 0.5) is 0 Å². The molecule has 2 aromatic heterocycles. The Morgan fingerprint density at radius 3 is 3.00 bits per heavy atom. The summed E-state index contributed by atoms with van der Waals surface area (Å²) in [5, 5.41) is 10.3. The fourth-order valence-corrected chi connectivity index (χ4v) is 1.91. The zero-order chi connectivity index (χ0) is 12.3. The highest BCUT2D eigenvalue weighted by Gasteiger charge is 2.15. The van der Waals surface area contributed by atoms with Crippen LogP contribution in [0, 0.1) is 0 Å². The number of hydrogen-bond donors (Lipinski definition) is 1. The van der Waals surface area contributed by atoms with Crippen molar-refractivity contribution in [3.8, 4) is 0 Å². The minimum Gasteiger partial charge on any atom is -0.447 e. The van der Waals surface area contributed by atoms with Gasteiger partial charge in [-0.15, -0.1) is 0 Å². The highest BCUT2D eigenvalue weighted by molar-refractivity contribution is 6.28. The Balaban J connectivity index is 2.07. The van der Waals surface area contributed by atoms with Gasteiger partial charge in [0.05, 0.1) is 0 Å². The average molecular weight is 255 g/mol. The number of aromatic nitrogens is 2. The number of halogens is 1. The molecule has 0 fully saturated rings. The van der Waals surface area contributed by atoms with Crippen molar-refractivity contribution in [2.45, 2.75) is 32.4 Å². The third kappa shape index (κ3) is 2.90. The van der Waals surface area contributed by atoms with Crippen LogP contribution in [0.5, 0.6) is 0 Å². The molecule has 0 spiro atoms. The van der Waals surface area contributed by atoms with Crippen molar-refractivity contribution in [2.75, 3.05) is 0 Å². The average Bonchev–Trinajstić information content (AvgIpc) is 2.89. The molecular formula is C12H15ClN2O2. The lowest BCUT2D eigenvalue weighted by Gasteiger charge is -2.09. The molecule has 17 heavy (non-hydrogen) atoms. The minimum absolute atomic E-state index is 0.288. The molecule has 0 aliphatic rings. The van der Waals surface area contributed by atoms with Crippen molar-refractivity contribution in [3.63, 3.8) is 0 Å². The van der Waals surface area contributed by atoms with Gasteiger partial charge in [0.1, 0.15) is 17.7 Å². The summed E-state index contributed by atoms with van der Waals surface area (Å²) >= 11 is 5.67. The van der Waals surface area contributed by atoms with Crippen LogP contribution < -0.4 is 0 Å². The molecule has 2 aromatic rings. The Morgan fingerprint density at radius 1 is 1.53 bits per heavy atom. The molecule has 0 bridgehead atoms. The second-order valence-corrected chi connectivity index (χ2v) is 4.27. The highest BCUT2D eigenvalue weighted by Crippen LogP contribution is 2.22. The SMILES string of the molecule is CCCn1ccnc1CC(O)c1ccc(Cl)o1. The Morgan fingerprint density at radius 2 is 2.35 bits per heavy atom. The summed E-state index contributed by atoms with van der Waals surface area (Å²) in [5.41, 5.74) is 0. The Kier molecular flexibility index (Phi) is 3.86. The first-order chi connectivity index (χ1) is 8.20. The molecule has 2 heterocycles. The van der Waals surface area contributed by atoms with Crippen molar-refractivity contribution in [1.82, 2.24) is 9.55 Å². The summed E-state index contributed by atoms with van der Waals surface area (Å²) in [7, 11) is 0. The minimum atomic E-state index is -0.708. The molecule has 0 saturated carbocycles. The molecule has 4 nitrogen and oxygen atoms in total. The van der Waals surface area contributed by atoms with Gasteiger partial charge in [0.25, 0.3) is 0 Å². The quantitative estimate of drug-likeness (QED) is 0.893. The van der Waals surface area contributed by atoms with Crippen molar-refractivity contribution in [3.05, 3.63) is 41.3 Å². The van der Waals surface area contributed by atoms with E-state index in [4.69, 9.17) is 16.0 Å². The number of nitrogens with zero attached hydrogens (tertiary/aromatic N) is 2. The predicted molar refractivity (Wildman–Crippen MR) is 64.9 cm³/mol. The molecule has 0 saturated heterocycles. The summed E-state index contributed by atoms with van der Waals surface area (Å²) in [6.45, 7) is 3.01. The van der Waals surface area contributed by atoms with E-state index in [0.29, 0.717) is 12.2 Å². The Hall–Kier alpha value is -1.26. The number of aliphatic hydroxyl groups is 1. The van der Waals surface area contributed by atoms with Gasteiger partial charge in [-0.1, -0.05) is 6.92 Å². The second-order valence-electron chi connectivity index (χ2n) is 3.90. The monoisotopic (exact) mass is 254 g/mol. The smallest absolute Gasteiger partial charge is 0.193 e. The third-order valence-electron chi connectivity index (χ3n) is 2.56. The molecule has 0 aromatic carbocycles. The number of hydrogen-bond acceptors (Lipinski definition) is 3. The number of rotatable bonds is 5. The third-order valence-corrected chi connectivity index (χ3v) is 2.77. The molecule has 0 amide bonds. The van der Waals surface area contributed by atoms with Gasteiger partial charge in [-0.25, -0.2) is 4.98 Å². The van der Waals surface area contributed by atoms with E-state index in [0.717, 1.165) is 18.8 Å². The molecule has 1 N–H and O–H groups in total. The fraction of sp³-hybridized carbons (Fsp3) is 0.417. The maximum Gasteiger partial charge on any atom is 0.193 e. The number of aliphatic hydroxyl groups excluding tert-OH is 1. The van der Waals surface area contributed by atoms with Crippen LogP contribution in [0.25, 0.3) is 0 Å². The van der Waals surface area contributed by atoms with Crippen molar-refractivity contribution >= 4 is 11.6 Å². The number of aryl methyl sites for hydroxylation is 1. The molecule has 92 valence electrons. The van der Waals surface area contributed by atoms with Crippen LogP contribution in [0.1, 0.15) is 31.0 Å². The number of furan rings is 1. The van der Waals surface area contributed by atoms with E-state index in [9.17, 15) is 5.11 Å². The summed E-state index contributed by atoms with van der Waals surface area (Å²) in [6.07, 6.45) is 4.41. The van der Waals surface area contributed by atoms with Gasteiger partial charge in [0.15, 0.2) is 5.22 Å². The van der Waals surface area contributed by atoms with E-state index in [1.807, 2.05) is 10.8 Å². The molecule has 1 atom stereocenters. The van der Waals surface area contributed by atoms with Crippen molar-refractivity contribution in [1.29, 1.82) is 0 Å². The van der Waals surface area contributed by atoms with E-state index in [-0.39, 0.29) is 5.22 Å². The maximum atomic E-state index is 9.99. The molecule has 0 aliphatic heterocycles. The van der Waals surface area contributed by atoms with Gasteiger partial charge in [-0.05, 0) is 30.2 Å². The highest BCUT2D eigenvalue weighted by atomic mass is 35.5. The van der Waals surface area contributed by atoms with Gasteiger partial charge < -0.3 is 14.1 Å². The summed E-state index contributed by atoms with van der Waals surface area (Å²) < 4.78 is 7.21. The first-order valence-electron chi connectivity index (χ1n) is 5.64. The number of imidazole rings is 1. The van der Waals surface area contributed by atoms with Gasteiger partial charge in [0, 0.05) is 25.4 Å². The Bertz CT molecular complexity index is 478. The lowest BCUT2D eigenvalue weighted by Crippen LogP contribution is -2.08. The Labute approximate surface area is 105 Å². The lowest BCUT2D eigenvalue weighted by atomic mass is 10.2. The van der Waals surface area contributed by atoms with Crippen LogP contribution in [-0.2, 0) is 13.0 Å². The molecule has 1 unspecified atom stereocenters. The first kappa shape index (κ1) is 12.2. The molecular weight excluding hydrogens is 240 g/mol. The maximum absolute atomic E-state index is 9.99. The van der Waals surface area contributed by atoms with Crippen LogP contribution in [-0.4, -0.2) is 14.7 Å². The molecule has 0 radical (unpaired) electrons. The van der Waals surface area contributed by atoms with Gasteiger partial charge in [0.2, 0.25) is 0 Å². The van der Waals surface area contributed by atoms with Crippen LogP contribution in [0.15, 0.2) is 28.9 Å². The van der Waals surface area contributed by atoms with Crippen LogP contribution in [0.2, 0.25) is 5.22 Å². The zero-order valence-corrected chi connectivity index (χ0v) is 10.4. The van der Waals surface area contributed by atoms with Gasteiger partial charge in [-0.3, -0.25) is 0 Å². The largest absolute Gasteiger partial charge is 0.447 e. The zero-order valence-electron chi connectivity index (χ0n) is 9.64. The van der Waals surface area contributed by atoms with Crippen molar-refractivity contribution < 1.29 is 9.52 Å². The molecule has 0 aliphatic carbocycles. The van der Waals surface area contributed by atoms with E-state index >= 15 is 0 Å². The normalized spacial score (nSPS) is 12.9. The van der Waals surface area contributed by atoms with Crippen molar-refractivity contribution in [2.24, 2.45) is 0 Å². The first-order valence-corrected chi connectivity index (χ1v) is 6.01. The van der Waals surface area contributed by atoms with Gasteiger partial charge >= 0.3 is 0 Å². The van der Waals surface area contributed by atoms with E-state index in [2.05, 4.69) is 11.9 Å². The lowest BCUT2D eigenvalue weighted by molar-refractivity contribution is 0.147.